The van der Waals surface area contributed by atoms with Crippen LogP contribution in [0.1, 0.15) is 143 Å². The van der Waals surface area contributed by atoms with Crippen LogP contribution in [-0.2, 0) is 43.2 Å². The number of benzene rings is 1. The number of phenolic OH excluding ortho intramolecular Hbond substituents is 1. The third-order valence-electron chi connectivity index (χ3n) is 14.9. The van der Waals surface area contributed by atoms with Gasteiger partial charge in [0.15, 0.2) is 0 Å². The maximum atomic E-state index is 14.6. The molecule has 16 atom stereocenters. The summed E-state index contributed by atoms with van der Waals surface area (Å²) in [6.07, 6.45) is -6.95. The predicted molar refractivity (Wildman–Crippen MR) is 307 cm³/mol. The van der Waals surface area contributed by atoms with Gasteiger partial charge in [-0.15, -0.1) is 0 Å². The summed E-state index contributed by atoms with van der Waals surface area (Å²) in [5, 5.41) is 119. The molecule has 0 spiro atoms. The number of aromatic hydroxyl groups is 1. The summed E-state index contributed by atoms with van der Waals surface area (Å²) < 4.78 is 0. The highest BCUT2D eigenvalue weighted by molar-refractivity contribution is 5.98. The number of aliphatic carboxylic acids is 2. The van der Waals surface area contributed by atoms with Crippen LogP contribution in [0.3, 0.4) is 0 Å². The van der Waals surface area contributed by atoms with Gasteiger partial charge in [0.25, 0.3) is 11.9 Å². The van der Waals surface area contributed by atoms with Gasteiger partial charge in [-0.1, -0.05) is 77.8 Å². The van der Waals surface area contributed by atoms with Crippen LogP contribution in [0.15, 0.2) is 24.3 Å². The Morgan fingerprint density at radius 1 is 0.682 bits per heavy atom. The van der Waals surface area contributed by atoms with Crippen molar-refractivity contribution in [3.63, 3.8) is 0 Å². The minimum absolute atomic E-state index is 0.0257. The molecule has 3 aliphatic heterocycles. The Balaban J connectivity index is 0.00000289. The molecule has 4 rings (SSSR count). The standard InChI is InChI=1S/C52H88N10O15.2C2H4O2/c1-5-28(2)24-29(3)12-10-8-6-7-9-11-13-39(69)56-34-26-38(68)46(55-22-21-54)60-50(75)43-37(67)19-23-61(43)52(77)41(36(66)18-20-53)58-49(74)42(45(71)44(70)31-14-16-32(64)17-15-31)59-48(73)35-25-33(65)27-62(35)51(76)40(30(4)63)57-47(34)72;2*1-2(3)4/h14-17,28-30,33-38,40-46,55,63-68,70-71H,5-13,18-27,53-54H2,1-4H3,(H,56,69)(H,57,72)(H,58,74)(H,59,73)(H,60,75);2*1H3,(H,3,4)/t28?,29?,30-,33-,34+,35+,36+,37+,38-,40-,41+,42+,43+,44+,45+,46-;;/m1../s1. The van der Waals surface area contributed by atoms with Crippen molar-refractivity contribution in [1.29, 1.82) is 0 Å². The third kappa shape index (κ3) is 25.4. The Kier molecular flexibility index (Phi) is 33.6. The highest BCUT2D eigenvalue weighted by Crippen LogP contribution is 2.27. The minimum Gasteiger partial charge on any atom is -0.508 e. The van der Waals surface area contributed by atoms with Crippen LogP contribution in [0.25, 0.3) is 0 Å². The van der Waals surface area contributed by atoms with Crippen LogP contribution in [0.4, 0.5) is 0 Å². The summed E-state index contributed by atoms with van der Waals surface area (Å²) in [5.41, 5.74) is 11.5. The number of amides is 7. The van der Waals surface area contributed by atoms with Crippen LogP contribution in [0.5, 0.6) is 5.75 Å². The summed E-state index contributed by atoms with van der Waals surface area (Å²) in [5.74, 6) is -8.10. The molecule has 1 aromatic rings. The van der Waals surface area contributed by atoms with Crippen molar-refractivity contribution in [2.24, 2.45) is 23.3 Å². The van der Waals surface area contributed by atoms with E-state index in [2.05, 4.69) is 52.7 Å². The number of nitrogens with one attached hydrogen (secondary N) is 6. The molecule has 2 unspecified atom stereocenters. The molecule has 0 bridgehead atoms. The van der Waals surface area contributed by atoms with Gasteiger partial charge >= 0.3 is 0 Å². The van der Waals surface area contributed by atoms with Crippen LogP contribution in [-0.4, -0.2) is 226 Å². The molecular weight excluding hydrogens is 1120 g/mol. The Morgan fingerprint density at radius 3 is 1.82 bits per heavy atom. The molecule has 484 valence electrons. The number of aliphatic hydroxyl groups excluding tert-OH is 7. The lowest BCUT2D eigenvalue weighted by Gasteiger charge is -2.35. The van der Waals surface area contributed by atoms with E-state index in [1.54, 1.807) is 0 Å². The van der Waals surface area contributed by atoms with Crippen molar-refractivity contribution in [3.05, 3.63) is 29.8 Å². The molecule has 1 aromatic carbocycles. The number of unbranched alkanes of at least 4 members (excludes halogenated alkanes) is 5. The fourth-order valence-corrected chi connectivity index (χ4v) is 10.2. The van der Waals surface area contributed by atoms with E-state index in [-0.39, 0.29) is 56.8 Å². The first-order valence-corrected chi connectivity index (χ1v) is 29.2. The molecule has 3 aliphatic rings. The second-order valence-corrected chi connectivity index (χ2v) is 22.3. The van der Waals surface area contributed by atoms with Crippen LogP contribution in [0, 0.1) is 11.8 Å². The lowest BCUT2D eigenvalue weighted by Crippen LogP contribution is -2.65. The normalized spacial score (nSPS) is 26.5. The van der Waals surface area contributed by atoms with Gasteiger partial charge < -0.3 is 98.9 Å². The molecule has 0 radical (unpaired) electrons. The van der Waals surface area contributed by atoms with Crippen molar-refractivity contribution >= 4 is 53.3 Å². The molecular formula is C56H96N10O19. The molecule has 29 nitrogen and oxygen atoms in total. The molecule has 85 heavy (non-hydrogen) atoms. The molecule has 20 N–H and O–H groups in total. The van der Waals surface area contributed by atoms with Crippen molar-refractivity contribution in [2.75, 3.05) is 32.7 Å². The fraction of sp³-hybridized carbons (Fsp3) is 0.732. The molecule has 3 fully saturated rings. The Labute approximate surface area is 496 Å². The molecule has 7 amide bonds. The van der Waals surface area contributed by atoms with Gasteiger partial charge in [-0.05, 0) is 68.7 Å². The SMILES string of the molecule is CC(=O)O.CC(=O)O.CCC(C)CC(C)CCCCCCCCC(=O)N[C@H]1C[C@@H](O)[C@H](NCCN)NC(=O)[C@@H]2[C@@H](O)CCN2C(=O)[C@H]([C@@H](O)CCN)NC(=O)[C@H]([C@H](O)[C@@H](O)c2ccc(O)cc2)NC(=O)[C@@H]2C[C@@H](O)CN2C(=O)[C@@H]([C@@H](C)O)NC1=O. The summed E-state index contributed by atoms with van der Waals surface area (Å²) in [6.45, 7) is 8.90. The summed E-state index contributed by atoms with van der Waals surface area (Å²) in [7, 11) is 0. The maximum Gasteiger partial charge on any atom is 0.300 e. The number of hydrogen-bond donors (Lipinski definition) is 18. The van der Waals surface area contributed by atoms with Crippen LogP contribution in [0.2, 0.25) is 0 Å². The number of aliphatic hydroxyl groups is 7. The minimum atomic E-state index is -2.28. The number of hydrogen-bond acceptors (Lipinski definition) is 20. The van der Waals surface area contributed by atoms with E-state index in [0.29, 0.717) is 24.7 Å². The monoisotopic (exact) mass is 1210 g/mol. The van der Waals surface area contributed by atoms with Gasteiger partial charge in [0, 0.05) is 59.3 Å². The van der Waals surface area contributed by atoms with Gasteiger partial charge in [-0.2, -0.15) is 0 Å². The zero-order valence-electron chi connectivity index (χ0n) is 49.7. The topological polar surface area (TPSA) is 487 Å². The van der Waals surface area contributed by atoms with Crippen LogP contribution >= 0.6 is 0 Å². The summed E-state index contributed by atoms with van der Waals surface area (Å²) in [4.78, 5) is 120. The Hall–Kier alpha value is -6.15. The van der Waals surface area contributed by atoms with E-state index in [9.17, 15) is 74.4 Å². The molecule has 0 aromatic heterocycles. The smallest absolute Gasteiger partial charge is 0.300 e. The van der Waals surface area contributed by atoms with Crippen molar-refractivity contribution in [2.45, 2.75) is 217 Å². The molecule has 29 heteroatoms. The van der Waals surface area contributed by atoms with Gasteiger partial charge in [0.2, 0.25) is 41.4 Å². The summed E-state index contributed by atoms with van der Waals surface area (Å²) >= 11 is 0. The number of rotatable bonds is 23. The van der Waals surface area contributed by atoms with E-state index in [0.717, 1.165) is 69.1 Å². The Bertz CT molecular complexity index is 2270. The lowest BCUT2D eigenvalue weighted by atomic mass is 9.91. The number of carboxylic acid groups (broad SMARTS) is 2. The van der Waals surface area contributed by atoms with E-state index in [4.69, 9.17) is 31.3 Å². The second kappa shape index (κ2) is 38.1. The van der Waals surface area contributed by atoms with E-state index < -0.39 is 158 Å². The number of phenols is 1. The van der Waals surface area contributed by atoms with Crippen molar-refractivity contribution in [1.82, 2.24) is 41.7 Å². The van der Waals surface area contributed by atoms with Crippen molar-refractivity contribution in [3.8, 4) is 5.75 Å². The molecule has 0 saturated carbocycles. The van der Waals surface area contributed by atoms with Gasteiger partial charge in [0.1, 0.15) is 60.4 Å². The first kappa shape index (κ1) is 74.9. The van der Waals surface area contributed by atoms with E-state index in [1.807, 2.05) is 0 Å². The van der Waals surface area contributed by atoms with Gasteiger partial charge in [0.05, 0.1) is 30.5 Å². The van der Waals surface area contributed by atoms with E-state index >= 15 is 0 Å². The predicted octanol–water partition coefficient (Wildman–Crippen LogP) is -3.13. The zero-order valence-corrected chi connectivity index (χ0v) is 49.7. The largest absolute Gasteiger partial charge is 0.508 e. The zero-order chi connectivity index (χ0) is 64.2. The highest BCUT2D eigenvalue weighted by atomic mass is 16.4. The summed E-state index contributed by atoms with van der Waals surface area (Å²) in [6, 6.07) is -6.40. The van der Waals surface area contributed by atoms with Crippen molar-refractivity contribution < 1.29 is 94.2 Å². The lowest BCUT2D eigenvalue weighted by molar-refractivity contribution is -0.148. The second-order valence-electron chi connectivity index (χ2n) is 22.3. The quantitative estimate of drug-likeness (QED) is 0.0482. The number of nitrogens with zero attached hydrogens (tertiary/aromatic N) is 2. The number of fused-ring (bicyclic) bond motifs is 2. The van der Waals surface area contributed by atoms with E-state index in [1.165, 1.54) is 30.7 Å². The fourth-order valence-electron chi connectivity index (χ4n) is 10.2. The number of nitrogens with two attached hydrogens (primary N) is 2. The first-order valence-electron chi connectivity index (χ1n) is 29.2. The Morgan fingerprint density at radius 2 is 1.25 bits per heavy atom. The number of carbonyl (C=O) groups excluding carboxylic acids is 7. The average molecular weight is 1210 g/mol. The number of carbonyl (C=O) groups is 9. The average Bonchev–Trinajstić information content (AvgIpc) is 2.52. The highest BCUT2D eigenvalue weighted by Gasteiger charge is 2.49. The van der Waals surface area contributed by atoms with Gasteiger partial charge in [-0.3, -0.25) is 48.5 Å². The number of carboxylic acids is 2. The third-order valence-corrected chi connectivity index (χ3v) is 14.9. The molecule has 0 aliphatic carbocycles. The maximum absolute atomic E-state index is 14.6. The molecule has 3 saturated heterocycles. The first-order chi connectivity index (χ1) is 40.0. The van der Waals surface area contributed by atoms with Crippen LogP contribution < -0.4 is 43.4 Å². The van der Waals surface area contributed by atoms with Gasteiger partial charge in [-0.25, -0.2) is 0 Å². The molecule has 3 heterocycles.